The Hall–Kier alpha value is -2.51. The lowest BCUT2D eigenvalue weighted by atomic mass is 10.0. The second-order valence-electron chi connectivity index (χ2n) is 6.92. The first-order valence-electron chi connectivity index (χ1n) is 7.69. The first-order valence-corrected chi connectivity index (χ1v) is 7.69. The highest BCUT2D eigenvalue weighted by molar-refractivity contribution is 6.16. The van der Waals surface area contributed by atoms with Gasteiger partial charge in [-0.05, 0) is 27.2 Å². The van der Waals surface area contributed by atoms with Crippen LogP contribution in [0.3, 0.4) is 0 Å². The highest BCUT2D eigenvalue weighted by atomic mass is 16.7. The summed E-state index contributed by atoms with van der Waals surface area (Å²) in [5, 5.41) is 0.469. The predicted molar refractivity (Wildman–Crippen MR) is 80.6 cm³/mol. The molecule has 0 N–H and O–H groups in total. The molecular weight excluding hydrogens is 316 g/mol. The molecule has 8 nitrogen and oxygen atoms in total. The van der Waals surface area contributed by atoms with E-state index < -0.39 is 41.1 Å². The zero-order valence-corrected chi connectivity index (χ0v) is 14.1. The molecule has 0 spiro atoms. The fraction of sp³-hybridized carbons (Fsp3) is 0.562. The largest absolute Gasteiger partial charge is 0.336 e. The van der Waals surface area contributed by atoms with Crippen LogP contribution in [-0.4, -0.2) is 45.1 Å². The summed E-state index contributed by atoms with van der Waals surface area (Å²) in [4.78, 5) is 65.2. The average molecular weight is 336 g/mol. The highest BCUT2D eigenvalue weighted by Gasteiger charge is 2.40. The number of amides is 4. The molecule has 1 fully saturated rings. The molecule has 0 saturated carbocycles. The van der Waals surface area contributed by atoms with E-state index in [1.54, 1.807) is 20.8 Å². The monoisotopic (exact) mass is 336 g/mol. The third-order valence-corrected chi connectivity index (χ3v) is 3.78. The summed E-state index contributed by atoms with van der Waals surface area (Å²) < 4.78 is 0. The van der Waals surface area contributed by atoms with E-state index in [-0.39, 0.29) is 24.8 Å². The number of hydrogen-bond acceptors (Lipinski definition) is 6. The normalized spacial score (nSPS) is 19.9. The van der Waals surface area contributed by atoms with Gasteiger partial charge in [0.05, 0.1) is 5.92 Å². The van der Waals surface area contributed by atoms with E-state index in [1.165, 1.54) is 13.0 Å². The highest BCUT2D eigenvalue weighted by Crippen LogP contribution is 2.27. The van der Waals surface area contributed by atoms with Crippen molar-refractivity contribution in [2.24, 2.45) is 5.92 Å². The van der Waals surface area contributed by atoms with E-state index in [9.17, 15) is 24.0 Å². The Bertz CT molecular complexity index is 642. The summed E-state index contributed by atoms with van der Waals surface area (Å²) in [5.74, 6) is -3.58. The van der Waals surface area contributed by atoms with Crippen molar-refractivity contribution in [2.45, 2.75) is 52.5 Å². The van der Waals surface area contributed by atoms with Crippen molar-refractivity contribution in [1.29, 1.82) is 0 Å². The van der Waals surface area contributed by atoms with Crippen LogP contribution >= 0.6 is 0 Å². The van der Waals surface area contributed by atoms with Gasteiger partial charge in [0.15, 0.2) is 0 Å². The van der Waals surface area contributed by atoms with Crippen molar-refractivity contribution in [3.63, 3.8) is 0 Å². The molecular formula is C16H20N2O6. The summed E-state index contributed by atoms with van der Waals surface area (Å²) in [6.07, 6.45) is 1.23. The summed E-state index contributed by atoms with van der Waals surface area (Å²) in [7, 11) is 0. The minimum Gasteiger partial charge on any atom is -0.330 e. The Morgan fingerprint density at radius 3 is 2.17 bits per heavy atom. The van der Waals surface area contributed by atoms with E-state index in [1.807, 2.05) is 0 Å². The van der Waals surface area contributed by atoms with Crippen molar-refractivity contribution in [2.75, 3.05) is 0 Å². The van der Waals surface area contributed by atoms with Crippen molar-refractivity contribution in [1.82, 2.24) is 9.96 Å². The van der Waals surface area contributed by atoms with E-state index in [0.717, 1.165) is 4.90 Å². The number of imide groups is 2. The van der Waals surface area contributed by atoms with E-state index in [0.29, 0.717) is 5.06 Å². The first-order chi connectivity index (χ1) is 11.0. The molecule has 0 aromatic heterocycles. The zero-order chi connectivity index (χ0) is 18.2. The zero-order valence-electron chi connectivity index (χ0n) is 14.1. The molecule has 130 valence electrons. The maximum absolute atomic E-state index is 12.3. The quantitative estimate of drug-likeness (QED) is 0.701. The van der Waals surface area contributed by atoms with Gasteiger partial charge >= 0.3 is 5.97 Å². The Labute approximate surface area is 139 Å². The Kier molecular flexibility index (Phi) is 4.59. The molecule has 2 aliphatic heterocycles. The lowest BCUT2D eigenvalue weighted by Crippen LogP contribution is -2.46. The molecule has 2 heterocycles. The fourth-order valence-electron chi connectivity index (χ4n) is 2.55. The summed E-state index contributed by atoms with van der Waals surface area (Å²) in [5.41, 5.74) is -0.455. The molecule has 2 aliphatic rings. The molecule has 4 amide bonds. The molecule has 0 bridgehead atoms. The van der Waals surface area contributed by atoms with Crippen molar-refractivity contribution >= 4 is 29.6 Å². The molecule has 0 radical (unpaired) electrons. The van der Waals surface area contributed by atoms with Crippen LogP contribution in [0.15, 0.2) is 11.6 Å². The van der Waals surface area contributed by atoms with Gasteiger partial charge in [-0.25, -0.2) is 4.79 Å². The lowest BCUT2D eigenvalue weighted by molar-refractivity contribution is -0.200. The van der Waals surface area contributed by atoms with Gasteiger partial charge in [0.2, 0.25) is 0 Å². The Morgan fingerprint density at radius 2 is 1.71 bits per heavy atom. The van der Waals surface area contributed by atoms with Gasteiger partial charge in [0, 0.05) is 30.0 Å². The molecule has 1 atom stereocenters. The number of carbonyl (C=O) groups is 5. The van der Waals surface area contributed by atoms with Gasteiger partial charge in [0.1, 0.15) is 0 Å². The van der Waals surface area contributed by atoms with Crippen LogP contribution in [-0.2, 0) is 28.8 Å². The SMILES string of the molecule is CC(CC1=CC(=O)N(C(C)(C)C)C1=O)C(=O)ON1C(=O)CCC1=O. The molecule has 0 aromatic rings. The average Bonchev–Trinajstić information content (AvgIpc) is 2.91. The van der Waals surface area contributed by atoms with Crippen molar-refractivity contribution in [3.8, 4) is 0 Å². The topological polar surface area (TPSA) is 101 Å². The number of nitrogens with zero attached hydrogens (tertiary/aromatic N) is 2. The predicted octanol–water partition coefficient (Wildman–Crippen LogP) is 0.713. The maximum atomic E-state index is 12.3. The van der Waals surface area contributed by atoms with Crippen molar-refractivity contribution < 1.29 is 28.8 Å². The molecule has 1 saturated heterocycles. The standard InChI is InChI=1S/C16H20N2O6/c1-9(15(23)24-18-11(19)5-6-12(18)20)7-10-8-13(21)17(14(10)22)16(2,3)4/h8-9H,5-7H2,1-4H3. The van der Waals surface area contributed by atoms with Crippen LogP contribution in [0, 0.1) is 5.92 Å². The van der Waals surface area contributed by atoms with Crippen LogP contribution in [0.1, 0.15) is 47.0 Å². The van der Waals surface area contributed by atoms with Gasteiger partial charge in [-0.15, -0.1) is 5.06 Å². The van der Waals surface area contributed by atoms with Crippen LogP contribution in [0.5, 0.6) is 0 Å². The maximum Gasteiger partial charge on any atom is 0.336 e. The van der Waals surface area contributed by atoms with Crippen LogP contribution in [0.4, 0.5) is 0 Å². The van der Waals surface area contributed by atoms with Gasteiger partial charge < -0.3 is 4.84 Å². The van der Waals surface area contributed by atoms with Crippen LogP contribution < -0.4 is 0 Å². The molecule has 0 aromatic carbocycles. The van der Waals surface area contributed by atoms with Gasteiger partial charge in [-0.2, -0.15) is 0 Å². The minimum atomic E-state index is -0.797. The summed E-state index contributed by atoms with van der Waals surface area (Å²) in [6.45, 7) is 6.72. The smallest absolute Gasteiger partial charge is 0.330 e. The second-order valence-corrected chi connectivity index (χ2v) is 6.92. The van der Waals surface area contributed by atoms with Crippen LogP contribution in [0.25, 0.3) is 0 Å². The number of hydrogen-bond donors (Lipinski definition) is 0. The summed E-state index contributed by atoms with van der Waals surface area (Å²) >= 11 is 0. The van der Waals surface area contributed by atoms with E-state index in [4.69, 9.17) is 4.84 Å². The molecule has 1 unspecified atom stereocenters. The summed E-state index contributed by atoms with van der Waals surface area (Å²) in [6, 6.07) is 0. The lowest BCUT2D eigenvalue weighted by Gasteiger charge is -2.30. The van der Waals surface area contributed by atoms with Crippen LogP contribution in [0.2, 0.25) is 0 Å². The molecule has 0 aliphatic carbocycles. The minimum absolute atomic E-state index is 0.00773. The van der Waals surface area contributed by atoms with Crippen molar-refractivity contribution in [3.05, 3.63) is 11.6 Å². The number of carbonyl (C=O) groups excluding carboxylic acids is 5. The molecule has 8 heteroatoms. The first kappa shape index (κ1) is 17.8. The van der Waals surface area contributed by atoms with Gasteiger partial charge in [-0.1, -0.05) is 6.92 Å². The van der Waals surface area contributed by atoms with Gasteiger partial charge in [0.25, 0.3) is 23.6 Å². The fourth-order valence-corrected chi connectivity index (χ4v) is 2.55. The van der Waals surface area contributed by atoms with E-state index in [2.05, 4.69) is 0 Å². The van der Waals surface area contributed by atoms with E-state index >= 15 is 0 Å². The molecule has 2 rings (SSSR count). The Balaban J connectivity index is 2.01. The Morgan fingerprint density at radius 1 is 1.17 bits per heavy atom. The third kappa shape index (κ3) is 3.37. The number of hydroxylamine groups is 2. The second kappa shape index (κ2) is 6.18. The molecule has 24 heavy (non-hydrogen) atoms. The van der Waals surface area contributed by atoms with Gasteiger partial charge in [-0.3, -0.25) is 24.1 Å². The third-order valence-electron chi connectivity index (χ3n) is 3.78. The number of rotatable bonds is 4.